The van der Waals surface area contributed by atoms with E-state index in [0.29, 0.717) is 19.4 Å². The highest BCUT2D eigenvalue weighted by Gasteiger charge is 2.31. The Bertz CT molecular complexity index is 554. The van der Waals surface area contributed by atoms with Gasteiger partial charge in [-0.25, -0.2) is 0 Å². The van der Waals surface area contributed by atoms with Crippen molar-refractivity contribution in [1.29, 1.82) is 0 Å². The molecule has 1 saturated heterocycles. The van der Waals surface area contributed by atoms with Crippen molar-refractivity contribution < 1.29 is 14.4 Å². The van der Waals surface area contributed by atoms with E-state index in [1.165, 1.54) is 18.9 Å². The zero-order valence-electron chi connectivity index (χ0n) is 12.2. The number of benzene rings is 1. The van der Waals surface area contributed by atoms with Gasteiger partial charge in [0.15, 0.2) is 0 Å². The molecule has 112 valence electrons. The van der Waals surface area contributed by atoms with Crippen LogP contribution in [-0.2, 0) is 20.9 Å². The average Bonchev–Trinajstić information content (AvgIpc) is 2.45. The van der Waals surface area contributed by atoms with Gasteiger partial charge in [-0.05, 0) is 24.1 Å². The molecule has 2 N–H and O–H groups in total. The van der Waals surface area contributed by atoms with Crippen molar-refractivity contribution >= 4 is 23.4 Å². The minimum atomic E-state index is -0.317. The fourth-order valence-electron chi connectivity index (χ4n) is 2.26. The normalized spacial score (nSPS) is 18.8. The Labute approximate surface area is 123 Å². The fourth-order valence-corrected chi connectivity index (χ4v) is 2.26. The molecule has 1 atom stereocenters. The highest BCUT2D eigenvalue weighted by atomic mass is 16.2. The SMILES string of the molecule is CC(=O)Nc1ccc(CNC2CCC(=O)N(C)C2=O)cc1. The van der Waals surface area contributed by atoms with Gasteiger partial charge >= 0.3 is 0 Å². The maximum absolute atomic E-state index is 11.9. The molecule has 0 aromatic heterocycles. The maximum Gasteiger partial charge on any atom is 0.246 e. The number of carbonyl (C=O) groups excluding carboxylic acids is 3. The standard InChI is InChI=1S/C15H19N3O3/c1-10(19)17-12-5-3-11(4-6-12)9-16-13-7-8-14(20)18(2)15(13)21/h3-6,13,16H,7-9H2,1-2H3,(H,17,19). The Hall–Kier alpha value is -2.21. The average molecular weight is 289 g/mol. The van der Waals surface area contributed by atoms with Gasteiger partial charge in [-0.3, -0.25) is 19.3 Å². The second-order valence-electron chi connectivity index (χ2n) is 5.14. The zero-order chi connectivity index (χ0) is 15.4. The lowest BCUT2D eigenvalue weighted by atomic mass is 10.0. The second-order valence-corrected chi connectivity index (χ2v) is 5.14. The molecule has 0 bridgehead atoms. The third-order valence-corrected chi connectivity index (χ3v) is 3.48. The number of piperidine rings is 1. The largest absolute Gasteiger partial charge is 0.326 e. The van der Waals surface area contributed by atoms with E-state index < -0.39 is 0 Å². The molecule has 0 spiro atoms. The first-order chi connectivity index (χ1) is 9.97. The summed E-state index contributed by atoms with van der Waals surface area (Å²) >= 11 is 0. The molecule has 1 aliphatic heterocycles. The molecular weight excluding hydrogens is 270 g/mol. The van der Waals surface area contributed by atoms with Crippen LogP contribution in [0, 0.1) is 0 Å². The van der Waals surface area contributed by atoms with Crippen LogP contribution in [0.15, 0.2) is 24.3 Å². The highest BCUT2D eigenvalue weighted by molar-refractivity contribution is 6.00. The van der Waals surface area contributed by atoms with E-state index in [4.69, 9.17) is 0 Å². The minimum Gasteiger partial charge on any atom is -0.326 e. The van der Waals surface area contributed by atoms with E-state index in [1.54, 1.807) is 0 Å². The lowest BCUT2D eigenvalue weighted by Gasteiger charge is -2.28. The van der Waals surface area contributed by atoms with Crippen molar-refractivity contribution in [2.75, 3.05) is 12.4 Å². The first-order valence-corrected chi connectivity index (χ1v) is 6.87. The monoisotopic (exact) mass is 289 g/mol. The summed E-state index contributed by atoms with van der Waals surface area (Å²) in [6.07, 6.45) is 0.924. The van der Waals surface area contributed by atoms with Gasteiger partial charge in [-0.2, -0.15) is 0 Å². The van der Waals surface area contributed by atoms with Gasteiger partial charge in [0.25, 0.3) is 0 Å². The first kappa shape index (κ1) is 15.2. The van der Waals surface area contributed by atoms with E-state index in [2.05, 4.69) is 10.6 Å². The molecule has 1 aromatic rings. The molecule has 0 aliphatic carbocycles. The molecule has 6 nitrogen and oxygen atoms in total. The van der Waals surface area contributed by atoms with Crippen molar-refractivity contribution in [2.24, 2.45) is 0 Å². The number of hydrogen-bond donors (Lipinski definition) is 2. The molecule has 1 unspecified atom stereocenters. The Balaban J connectivity index is 1.89. The van der Waals surface area contributed by atoms with Crippen LogP contribution in [-0.4, -0.2) is 35.7 Å². The van der Waals surface area contributed by atoms with Crippen LogP contribution in [0.1, 0.15) is 25.3 Å². The number of nitrogens with one attached hydrogen (secondary N) is 2. The quantitative estimate of drug-likeness (QED) is 0.807. The van der Waals surface area contributed by atoms with Gasteiger partial charge in [-0.1, -0.05) is 12.1 Å². The predicted molar refractivity (Wildman–Crippen MR) is 78.4 cm³/mol. The molecule has 0 saturated carbocycles. The smallest absolute Gasteiger partial charge is 0.246 e. The molecule has 1 heterocycles. The molecular formula is C15H19N3O3. The van der Waals surface area contributed by atoms with Crippen molar-refractivity contribution in [3.8, 4) is 0 Å². The number of nitrogens with zero attached hydrogens (tertiary/aromatic N) is 1. The number of likely N-dealkylation sites (N-methyl/N-ethyl adjacent to an activating group) is 1. The van der Waals surface area contributed by atoms with Crippen LogP contribution in [0.3, 0.4) is 0 Å². The van der Waals surface area contributed by atoms with Crippen molar-refractivity contribution in [3.05, 3.63) is 29.8 Å². The van der Waals surface area contributed by atoms with Crippen LogP contribution in [0.5, 0.6) is 0 Å². The summed E-state index contributed by atoms with van der Waals surface area (Å²) in [5.74, 6) is -0.416. The summed E-state index contributed by atoms with van der Waals surface area (Å²) in [5.41, 5.74) is 1.75. The number of hydrogen-bond acceptors (Lipinski definition) is 4. The van der Waals surface area contributed by atoms with Gasteiger partial charge in [0, 0.05) is 32.6 Å². The van der Waals surface area contributed by atoms with Crippen LogP contribution < -0.4 is 10.6 Å². The number of carbonyl (C=O) groups is 3. The van der Waals surface area contributed by atoms with Gasteiger partial charge in [-0.15, -0.1) is 0 Å². The number of imide groups is 1. The third kappa shape index (κ3) is 3.88. The third-order valence-electron chi connectivity index (χ3n) is 3.48. The molecule has 21 heavy (non-hydrogen) atoms. The number of likely N-dealkylation sites (tertiary alicyclic amines) is 1. The van der Waals surface area contributed by atoms with Gasteiger partial charge < -0.3 is 10.6 Å². The molecule has 6 heteroatoms. The van der Waals surface area contributed by atoms with E-state index in [-0.39, 0.29) is 23.8 Å². The van der Waals surface area contributed by atoms with Crippen LogP contribution in [0.4, 0.5) is 5.69 Å². The summed E-state index contributed by atoms with van der Waals surface area (Å²) in [5, 5.41) is 5.87. The van der Waals surface area contributed by atoms with Gasteiger partial charge in [0.2, 0.25) is 17.7 Å². The van der Waals surface area contributed by atoms with E-state index in [9.17, 15) is 14.4 Å². The topological polar surface area (TPSA) is 78.5 Å². The summed E-state index contributed by atoms with van der Waals surface area (Å²) in [6.45, 7) is 2.00. The molecule has 1 aliphatic rings. The lowest BCUT2D eigenvalue weighted by molar-refractivity contribution is -0.148. The Morgan fingerprint density at radius 2 is 1.95 bits per heavy atom. The summed E-state index contributed by atoms with van der Waals surface area (Å²) in [4.78, 5) is 35.4. The van der Waals surface area contributed by atoms with Gasteiger partial charge in [0.1, 0.15) is 0 Å². The Morgan fingerprint density at radius 3 is 2.57 bits per heavy atom. The predicted octanol–water partition coefficient (Wildman–Crippen LogP) is 0.882. The van der Waals surface area contributed by atoms with Gasteiger partial charge in [0.05, 0.1) is 6.04 Å². The number of amides is 3. The summed E-state index contributed by atoms with van der Waals surface area (Å²) in [6, 6.07) is 7.09. The Kier molecular flexibility index (Phi) is 4.70. The summed E-state index contributed by atoms with van der Waals surface area (Å²) < 4.78 is 0. The number of rotatable bonds is 4. The summed E-state index contributed by atoms with van der Waals surface area (Å²) in [7, 11) is 1.51. The minimum absolute atomic E-state index is 0.110. The Morgan fingerprint density at radius 1 is 1.29 bits per heavy atom. The lowest BCUT2D eigenvalue weighted by Crippen LogP contribution is -2.51. The van der Waals surface area contributed by atoms with Crippen molar-refractivity contribution in [3.63, 3.8) is 0 Å². The second kappa shape index (κ2) is 6.49. The highest BCUT2D eigenvalue weighted by Crippen LogP contribution is 2.13. The molecule has 3 amide bonds. The van der Waals surface area contributed by atoms with Crippen molar-refractivity contribution in [2.45, 2.75) is 32.4 Å². The first-order valence-electron chi connectivity index (χ1n) is 6.87. The molecule has 1 fully saturated rings. The number of anilines is 1. The molecule has 0 radical (unpaired) electrons. The van der Waals surface area contributed by atoms with E-state index in [0.717, 1.165) is 11.3 Å². The fraction of sp³-hybridized carbons (Fsp3) is 0.400. The van der Waals surface area contributed by atoms with Crippen molar-refractivity contribution in [1.82, 2.24) is 10.2 Å². The zero-order valence-corrected chi connectivity index (χ0v) is 12.2. The molecule has 1 aromatic carbocycles. The maximum atomic E-state index is 11.9. The molecule has 2 rings (SSSR count). The van der Waals surface area contributed by atoms with E-state index in [1.807, 2.05) is 24.3 Å². The van der Waals surface area contributed by atoms with E-state index >= 15 is 0 Å². The van der Waals surface area contributed by atoms with Crippen LogP contribution >= 0.6 is 0 Å². The van der Waals surface area contributed by atoms with Crippen LogP contribution in [0.2, 0.25) is 0 Å². The van der Waals surface area contributed by atoms with Crippen LogP contribution in [0.25, 0.3) is 0 Å².